The number of benzene rings is 1. The molecule has 1 fully saturated rings. The van der Waals surface area contributed by atoms with E-state index in [-0.39, 0.29) is 22.9 Å². The van der Waals surface area contributed by atoms with Crippen LogP contribution in [0.5, 0.6) is 5.75 Å². The highest BCUT2D eigenvalue weighted by atomic mass is 35.5. The number of H-pyrrole nitrogens is 1. The van der Waals surface area contributed by atoms with Crippen LogP contribution in [0.4, 0.5) is 10.3 Å². The molecule has 4 N–H and O–H groups in total. The zero-order valence-electron chi connectivity index (χ0n) is 24.0. The van der Waals surface area contributed by atoms with Gasteiger partial charge in [-0.1, -0.05) is 25.1 Å². The fourth-order valence-corrected chi connectivity index (χ4v) is 5.85. The molecule has 0 saturated carbocycles. The summed E-state index contributed by atoms with van der Waals surface area (Å²) in [6, 6.07) is 7.61. The Morgan fingerprint density at radius 3 is 2.78 bits per heavy atom. The largest absolute Gasteiger partial charge is 0.463 e. The van der Waals surface area contributed by atoms with Gasteiger partial charge >= 0.3 is 13.6 Å². The minimum Gasteiger partial charge on any atom is -0.463 e. The maximum Gasteiger partial charge on any atom is 0.380 e. The fraction of sp³-hybridized carbons (Fsp3) is 0.440. The Labute approximate surface area is 241 Å². The van der Waals surface area contributed by atoms with Gasteiger partial charge in [0.2, 0.25) is 11.6 Å². The van der Waals surface area contributed by atoms with Crippen LogP contribution in [-0.4, -0.2) is 67.3 Å². The summed E-state index contributed by atoms with van der Waals surface area (Å²) < 4.78 is 70.4. The molecule has 1 unspecified atom stereocenters. The number of nitrogen functional groups attached to an aromatic ring is 1. The Morgan fingerprint density at radius 2 is 2.12 bits per heavy atom. The minimum atomic E-state index is -4.63. The van der Waals surface area contributed by atoms with E-state index in [9.17, 15) is 19.3 Å². The molecule has 2 aromatic heterocycles. The number of ether oxygens (including phenoxy) is 2. The van der Waals surface area contributed by atoms with Crippen LogP contribution in [0.1, 0.15) is 29.7 Å². The number of hydrogen-bond donors (Lipinski definition) is 3. The first-order chi connectivity index (χ1) is 20.1. The lowest BCUT2D eigenvalue weighted by molar-refractivity contribution is -0.151. The molecule has 220 valence electrons. The molecular weight excluding hydrogens is 584 g/mol. The molecule has 0 radical (unpaired) electrons. The van der Waals surface area contributed by atoms with E-state index in [1.807, 2.05) is 11.3 Å². The van der Waals surface area contributed by atoms with E-state index >= 15 is 4.39 Å². The van der Waals surface area contributed by atoms with Crippen molar-refractivity contribution in [1.82, 2.24) is 19.5 Å². The number of nitrogens with one attached hydrogen (secondary N) is 1. The number of fused-ring (bicyclic) bond motifs is 1. The van der Waals surface area contributed by atoms with E-state index in [0.717, 1.165) is 10.9 Å². The number of aromatic amines is 1. The van der Waals surface area contributed by atoms with Crippen LogP contribution in [0.3, 0.4) is 0 Å². The first-order valence-corrected chi connectivity index (χ1v) is 14.3. The highest BCUT2D eigenvalue weighted by Gasteiger charge is 2.58. The fourth-order valence-electron chi connectivity index (χ4n) is 3.99. The number of nitrogens with two attached hydrogens (primary N) is 1. The molecule has 1 aliphatic heterocycles. The van der Waals surface area contributed by atoms with Crippen LogP contribution >= 0.6 is 19.2 Å². The van der Waals surface area contributed by atoms with Crippen molar-refractivity contribution < 1.29 is 40.1 Å². The number of aliphatic hydroxyl groups is 1. The maximum atomic E-state index is 16.5. The molecule has 0 amide bonds. The topological polar surface area (TPSA) is 181 Å². The highest BCUT2D eigenvalue weighted by molar-refractivity contribution is 7.54. The Kier molecular flexibility index (Phi) is 8.23. The van der Waals surface area contributed by atoms with Gasteiger partial charge in [-0.25, -0.2) is 13.9 Å². The molecule has 3 heterocycles. The van der Waals surface area contributed by atoms with Gasteiger partial charge in [0.1, 0.15) is 18.0 Å². The minimum absolute atomic E-state index is 0.0171. The molecule has 0 bridgehead atoms. The Hall–Kier alpha value is -3.47. The number of alkyl halides is 1. The van der Waals surface area contributed by atoms with Crippen LogP contribution < -0.4 is 15.8 Å². The molecule has 16 heteroatoms. The Bertz CT molecular complexity index is 1670. The lowest BCUT2D eigenvalue weighted by atomic mass is 9.97. The van der Waals surface area contributed by atoms with E-state index in [1.54, 1.807) is 32.0 Å². The Morgan fingerprint density at radius 1 is 1.41 bits per heavy atom. The molecule has 41 heavy (non-hydrogen) atoms. The number of aliphatic hydroxyl groups excluding tert-OH is 1. The standard InChI is InChI=1S/C25H28ClFN5O8P/c1-14(2)38-22(35)15(3)12-41(36,40-16-7-5-4-6-8-16)37-11-17-19(33)25(27,9-10-26)23(39-17)32-13-29-18-20(32)30-24(28)31-21(18)34/h4-8,13-15,17,19,23,33H,11-12H2,1-3H3,(H3,28,30,31,34)/t15-,17-,19+,23-,25?,41+/m1/s1/i11D2. The lowest BCUT2D eigenvalue weighted by Crippen LogP contribution is -2.42. The van der Waals surface area contributed by atoms with Gasteiger partial charge < -0.3 is 24.8 Å². The van der Waals surface area contributed by atoms with Crippen molar-refractivity contribution in [2.75, 3.05) is 18.5 Å². The van der Waals surface area contributed by atoms with Crippen molar-refractivity contribution in [3.8, 4) is 17.0 Å². The van der Waals surface area contributed by atoms with E-state index in [0.29, 0.717) is 0 Å². The number of imidazole rings is 1. The van der Waals surface area contributed by atoms with Gasteiger partial charge in [0, 0.05) is 5.38 Å². The third kappa shape index (κ3) is 6.55. The molecule has 1 aromatic carbocycles. The molecule has 4 rings (SSSR count). The second-order valence-corrected chi connectivity index (χ2v) is 11.6. The van der Waals surface area contributed by atoms with Crippen LogP contribution in [0.25, 0.3) is 11.2 Å². The predicted octanol–water partition coefficient (Wildman–Crippen LogP) is 2.74. The summed E-state index contributed by atoms with van der Waals surface area (Å²) in [5, 5.41) is 12.9. The first-order valence-electron chi connectivity index (χ1n) is 13.2. The summed E-state index contributed by atoms with van der Waals surface area (Å²) in [5.41, 5.74) is 1.20. The highest BCUT2D eigenvalue weighted by Crippen LogP contribution is 2.51. The maximum absolute atomic E-state index is 16.5. The number of nitrogens with zero attached hydrogens (tertiary/aromatic N) is 3. The molecule has 1 saturated heterocycles. The number of para-hydroxylation sites is 1. The van der Waals surface area contributed by atoms with E-state index < -0.39 is 68.0 Å². The smallest absolute Gasteiger partial charge is 0.380 e. The summed E-state index contributed by atoms with van der Waals surface area (Å²) in [5.74, 6) is -0.197. The summed E-state index contributed by atoms with van der Waals surface area (Å²) in [6.45, 7) is 1.37. The monoisotopic (exact) mass is 613 g/mol. The van der Waals surface area contributed by atoms with E-state index in [4.69, 9.17) is 38.6 Å². The number of aromatic nitrogens is 4. The second-order valence-electron chi connectivity index (χ2n) is 9.41. The van der Waals surface area contributed by atoms with Crippen molar-refractivity contribution in [3.05, 3.63) is 47.0 Å². The van der Waals surface area contributed by atoms with Crippen molar-refractivity contribution in [2.45, 2.75) is 51.0 Å². The molecule has 0 aliphatic carbocycles. The van der Waals surface area contributed by atoms with Crippen LogP contribution in [0.15, 0.2) is 41.5 Å². The third-order valence-corrected chi connectivity index (χ3v) is 7.80. The number of halogens is 2. The number of hydrogen-bond acceptors (Lipinski definition) is 11. The van der Waals surface area contributed by atoms with Crippen molar-refractivity contribution in [3.63, 3.8) is 0 Å². The van der Waals surface area contributed by atoms with Crippen LogP contribution in [0.2, 0.25) is 0 Å². The number of esters is 1. The SMILES string of the molecule is [2H]C([2H])(O[P@@](=O)(C[C@@H](C)C(=O)OC(C)C)Oc1ccccc1)[C@H]1O[C@@H](n2cnc3c(=O)[nH]c(N)nc32)C(F)(C#CCl)[C@H]1O. The normalized spacial score (nSPS) is 25.5. The molecule has 1 aliphatic rings. The van der Waals surface area contributed by atoms with Gasteiger partial charge in [-0.2, -0.15) is 4.98 Å². The second kappa shape index (κ2) is 12.2. The molecule has 6 atom stereocenters. The zero-order valence-corrected chi connectivity index (χ0v) is 23.6. The molecular formula is C25H28ClFN5O8P. The number of carbonyl (C=O) groups is 1. The quantitative estimate of drug-likeness (QED) is 0.174. The van der Waals surface area contributed by atoms with Crippen LogP contribution in [0, 0.1) is 17.2 Å². The van der Waals surface area contributed by atoms with Crippen molar-refractivity contribution >= 4 is 42.3 Å². The first kappa shape index (κ1) is 27.7. The summed E-state index contributed by atoms with van der Waals surface area (Å²) in [4.78, 5) is 34.8. The summed E-state index contributed by atoms with van der Waals surface area (Å²) >= 11 is 5.50. The van der Waals surface area contributed by atoms with Crippen molar-refractivity contribution in [2.24, 2.45) is 5.92 Å². The van der Waals surface area contributed by atoms with Gasteiger partial charge in [-0.15, -0.1) is 0 Å². The lowest BCUT2D eigenvalue weighted by Gasteiger charge is -2.24. The molecule has 0 spiro atoms. The van der Waals surface area contributed by atoms with Crippen LogP contribution in [-0.2, 0) is 23.4 Å². The van der Waals surface area contributed by atoms with Gasteiger partial charge in [0.15, 0.2) is 17.4 Å². The zero-order chi connectivity index (χ0) is 31.7. The van der Waals surface area contributed by atoms with Gasteiger partial charge in [0.25, 0.3) is 5.56 Å². The average Bonchev–Trinajstić information content (AvgIpc) is 3.42. The predicted molar refractivity (Wildman–Crippen MR) is 146 cm³/mol. The van der Waals surface area contributed by atoms with E-state index in [2.05, 4.69) is 15.0 Å². The summed E-state index contributed by atoms with van der Waals surface area (Å²) in [6.07, 6.45) is -6.81. The average molecular weight is 614 g/mol. The van der Waals surface area contributed by atoms with E-state index in [1.165, 1.54) is 19.1 Å². The molecule has 13 nitrogen and oxygen atoms in total. The number of carbonyl (C=O) groups excluding carboxylic acids is 1. The van der Waals surface area contributed by atoms with Gasteiger partial charge in [0.05, 0.1) is 33.8 Å². The number of anilines is 1. The Balaban J connectivity index is 1.71. The third-order valence-electron chi connectivity index (χ3n) is 5.84. The number of rotatable bonds is 10. The molecule has 3 aromatic rings. The van der Waals surface area contributed by atoms with Gasteiger partial charge in [-0.3, -0.25) is 23.7 Å². The van der Waals surface area contributed by atoms with Gasteiger partial charge in [-0.05, 0) is 43.5 Å². The van der Waals surface area contributed by atoms with Crippen molar-refractivity contribution in [1.29, 1.82) is 0 Å². The summed E-state index contributed by atoms with van der Waals surface area (Å²) in [7, 11) is -4.63.